The van der Waals surface area contributed by atoms with Gasteiger partial charge in [-0.1, -0.05) is 29.8 Å². The lowest BCUT2D eigenvalue weighted by Crippen LogP contribution is -2.25. The van der Waals surface area contributed by atoms with E-state index in [1.807, 2.05) is 0 Å². The quantitative estimate of drug-likeness (QED) is 0.797. The summed E-state index contributed by atoms with van der Waals surface area (Å²) in [5.41, 5.74) is 0. The summed E-state index contributed by atoms with van der Waals surface area (Å²) in [6, 6.07) is 0. The van der Waals surface area contributed by atoms with Gasteiger partial charge in [0.25, 0.3) is 0 Å². The molecular weight excluding hydrogens is 286 g/mol. The summed E-state index contributed by atoms with van der Waals surface area (Å²) < 4.78 is 13.2. The molecule has 1 atom stereocenters. The van der Waals surface area contributed by atoms with Crippen molar-refractivity contribution in [2.75, 3.05) is 19.8 Å². The van der Waals surface area contributed by atoms with Crippen molar-refractivity contribution in [1.29, 1.82) is 0 Å². The van der Waals surface area contributed by atoms with E-state index in [1.165, 1.54) is 0 Å². The Kier molecular flexibility index (Phi) is 4.53. The average Bonchev–Trinajstić information content (AvgIpc) is 2.72. The molecule has 0 radical (unpaired) electrons. The number of hydrogen-bond donors (Lipinski definition) is 0. The second-order valence-corrected chi connectivity index (χ2v) is 5.11. The van der Waals surface area contributed by atoms with Gasteiger partial charge in [0.15, 0.2) is 5.82 Å². The van der Waals surface area contributed by atoms with E-state index in [0.717, 1.165) is 18.2 Å². The Morgan fingerprint density at radius 1 is 1.41 bits per heavy atom. The lowest BCUT2D eigenvalue weighted by molar-refractivity contribution is -0.0949. The molecule has 0 aliphatic carbocycles. The van der Waals surface area contributed by atoms with Gasteiger partial charge in [0, 0.05) is 6.54 Å². The van der Waals surface area contributed by atoms with Gasteiger partial charge in [0.05, 0.1) is 25.2 Å². The lowest BCUT2D eigenvalue weighted by Gasteiger charge is -2.23. The molecule has 1 unspecified atom stereocenters. The van der Waals surface area contributed by atoms with Gasteiger partial charge in [-0.25, -0.2) is 0 Å². The molecule has 6 heteroatoms. The largest absolute Gasteiger partial charge is 0.376 e. The van der Waals surface area contributed by atoms with Gasteiger partial charge in [0.2, 0.25) is 0 Å². The van der Waals surface area contributed by atoms with Crippen LogP contribution in [0.1, 0.15) is 31.6 Å². The fraction of sp³-hybridized carbons (Fsp3) is 0.818. The molecular formula is C11H18BrN3O2. The summed E-state index contributed by atoms with van der Waals surface area (Å²) in [6.07, 6.45) is -0.0807. The van der Waals surface area contributed by atoms with Gasteiger partial charge in [-0.05, 0) is 5.92 Å². The van der Waals surface area contributed by atoms with Crippen molar-refractivity contribution in [2.45, 2.75) is 31.8 Å². The van der Waals surface area contributed by atoms with Crippen LogP contribution in [0.3, 0.4) is 0 Å². The summed E-state index contributed by atoms with van der Waals surface area (Å²) in [5, 5.41) is 9.14. The van der Waals surface area contributed by atoms with Gasteiger partial charge in [-0.15, -0.1) is 10.2 Å². The second-order valence-electron chi connectivity index (χ2n) is 4.55. The SMILES string of the molecule is CC(C)Cn1c(CBr)nnc1C1COCCO1. The molecule has 0 bridgehead atoms. The van der Waals surface area contributed by atoms with Crippen molar-refractivity contribution >= 4 is 15.9 Å². The molecule has 0 amide bonds. The third-order valence-corrected chi connectivity index (χ3v) is 3.13. The highest BCUT2D eigenvalue weighted by molar-refractivity contribution is 9.08. The first-order chi connectivity index (χ1) is 8.22. The molecule has 0 saturated carbocycles. The Morgan fingerprint density at radius 3 is 2.82 bits per heavy atom. The standard InChI is InChI=1S/C11H18BrN3O2/c1-8(2)6-15-10(5-12)13-14-11(15)9-7-16-3-4-17-9/h8-9H,3-7H2,1-2H3. The first-order valence-corrected chi connectivity index (χ1v) is 7.01. The monoisotopic (exact) mass is 303 g/mol. The second kappa shape index (κ2) is 5.93. The van der Waals surface area contributed by atoms with Crippen molar-refractivity contribution in [1.82, 2.24) is 14.8 Å². The van der Waals surface area contributed by atoms with Gasteiger partial charge < -0.3 is 14.0 Å². The highest BCUT2D eigenvalue weighted by Crippen LogP contribution is 2.21. The molecule has 17 heavy (non-hydrogen) atoms. The summed E-state index contributed by atoms with van der Waals surface area (Å²) in [5.74, 6) is 2.38. The summed E-state index contributed by atoms with van der Waals surface area (Å²) in [4.78, 5) is 0. The van der Waals surface area contributed by atoms with Crippen LogP contribution in [0.4, 0.5) is 0 Å². The van der Waals surface area contributed by atoms with Crippen molar-refractivity contribution in [3.63, 3.8) is 0 Å². The molecule has 96 valence electrons. The van der Waals surface area contributed by atoms with Crippen LogP contribution < -0.4 is 0 Å². The van der Waals surface area contributed by atoms with E-state index in [2.05, 4.69) is 44.5 Å². The average molecular weight is 304 g/mol. The molecule has 5 nitrogen and oxygen atoms in total. The van der Waals surface area contributed by atoms with E-state index in [-0.39, 0.29) is 6.10 Å². The molecule has 1 saturated heterocycles. The van der Waals surface area contributed by atoms with Crippen LogP contribution in [0, 0.1) is 5.92 Å². The molecule has 1 aromatic heterocycles. The number of aromatic nitrogens is 3. The van der Waals surface area contributed by atoms with E-state index in [4.69, 9.17) is 9.47 Å². The predicted octanol–water partition coefficient (Wildman–Crippen LogP) is 1.92. The Bertz CT molecular complexity index is 362. The molecule has 2 heterocycles. The Morgan fingerprint density at radius 2 is 2.24 bits per heavy atom. The normalized spacial score (nSPS) is 21.1. The zero-order valence-corrected chi connectivity index (χ0v) is 11.8. The number of alkyl halides is 1. The zero-order chi connectivity index (χ0) is 12.3. The number of ether oxygens (including phenoxy) is 2. The van der Waals surface area contributed by atoms with Crippen LogP contribution in [0.25, 0.3) is 0 Å². The smallest absolute Gasteiger partial charge is 0.164 e. The van der Waals surface area contributed by atoms with Crippen LogP contribution in [0.5, 0.6) is 0 Å². The number of hydrogen-bond acceptors (Lipinski definition) is 4. The zero-order valence-electron chi connectivity index (χ0n) is 10.2. The maximum absolute atomic E-state index is 5.68. The van der Waals surface area contributed by atoms with Crippen molar-refractivity contribution in [3.05, 3.63) is 11.6 Å². The van der Waals surface area contributed by atoms with Gasteiger partial charge in [-0.3, -0.25) is 0 Å². The molecule has 0 N–H and O–H groups in total. The Balaban J connectivity index is 2.22. The highest BCUT2D eigenvalue weighted by atomic mass is 79.9. The van der Waals surface area contributed by atoms with Gasteiger partial charge in [0.1, 0.15) is 11.9 Å². The van der Waals surface area contributed by atoms with Crippen LogP contribution in [0.2, 0.25) is 0 Å². The van der Waals surface area contributed by atoms with Crippen molar-refractivity contribution in [2.24, 2.45) is 5.92 Å². The third kappa shape index (κ3) is 3.05. The number of nitrogens with zero attached hydrogens (tertiary/aromatic N) is 3. The third-order valence-electron chi connectivity index (χ3n) is 2.63. The summed E-state index contributed by atoms with van der Waals surface area (Å²) in [7, 11) is 0. The van der Waals surface area contributed by atoms with Crippen LogP contribution in [0.15, 0.2) is 0 Å². The predicted molar refractivity (Wildman–Crippen MR) is 67.0 cm³/mol. The lowest BCUT2D eigenvalue weighted by atomic mass is 10.2. The van der Waals surface area contributed by atoms with Crippen LogP contribution in [-0.2, 0) is 21.3 Å². The first kappa shape index (κ1) is 13.0. The Hall–Kier alpha value is -0.460. The molecule has 1 aliphatic heterocycles. The summed E-state index contributed by atoms with van der Waals surface area (Å²) in [6.45, 7) is 7.13. The van der Waals surface area contributed by atoms with E-state index in [1.54, 1.807) is 0 Å². The maximum atomic E-state index is 5.68. The van der Waals surface area contributed by atoms with Gasteiger partial charge >= 0.3 is 0 Å². The molecule has 1 aromatic rings. The van der Waals surface area contributed by atoms with E-state index in [9.17, 15) is 0 Å². The maximum Gasteiger partial charge on any atom is 0.164 e. The fourth-order valence-corrected chi connectivity index (χ4v) is 2.30. The first-order valence-electron chi connectivity index (χ1n) is 5.89. The van der Waals surface area contributed by atoms with Crippen molar-refractivity contribution < 1.29 is 9.47 Å². The van der Waals surface area contributed by atoms with E-state index >= 15 is 0 Å². The number of halogens is 1. The van der Waals surface area contributed by atoms with E-state index < -0.39 is 0 Å². The minimum Gasteiger partial charge on any atom is -0.376 e. The molecule has 2 rings (SSSR count). The van der Waals surface area contributed by atoms with Gasteiger partial charge in [-0.2, -0.15) is 0 Å². The highest BCUT2D eigenvalue weighted by Gasteiger charge is 2.24. The fourth-order valence-electron chi connectivity index (χ4n) is 1.89. The minimum atomic E-state index is -0.0807. The molecule has 0 spiro atoms. The topological polar surface area (TPSA) is 49.2 Å². The Labute approximate surface area is 110 Å². The van der Waals surface area contributed by atoms with E-state index in [0.29, 0.717) is 31.1 Å². The number of rotatable bonds is 4. The molecule has 1 fully saturated rings. The molecule has 0 aromatic carbocycles. The van der Waals surface area contributed by atoms with Crippen molar-refractivity contribution in [3.8, 4) is 0 Å². The van der Waals surface area contributed by atoms with Crippen LogP contribution >= 0.6 is 15.9 Å². The summed E-state index contributed by atoms with van der Waals surface area (Å²) >= 11 is 3.44. The minimum absolute atomic E-state index is 0.0807. The van der Waals surface area contributed by atoms with Crippen LogP contribution in [-0.4, -0.2) is 34.6 Å². The molecule has 1 aliphatic rings.